The van der Waals surface area contributed by atoms with Gasteiger partial charge in [0.05, 0.1) is 6.33 Å². The summed E-state index contributed by atoms with van der Waals surface area (Å²) < 4.78 is 3.99. The fraction of sp³-hybridized carbons (Fsp3) is 0.571. The molecule has 2 aromatic heterocycles. The minimum Gasteiger partial charge on any atom is -0.355 e. The Hall–Kier alpha value is -2.42. The average Bonchev–Trinajstić information content (AvgIpc) is 2.88. The van der Waals surface area contributed by atoms with Crippen molar-refractivity contribution in [2.45, 2.75) is 20.0 Å². The van der Waals surface area contributed by atoms with E-state index in [4.69, 9.17) is 0 Å². The zero-order valence-corrected chi connectivity index (χ0v) is 13.9. The lowest BCUT2D eigenvalue weighted by Gasteiger charge is -2.13. The molecule has 0 saturated carbocycles. The second kappa shape index (κ2) is 6.78. The van der Waals surface area contributed by atoms with Crippen LogP contribution in [0.2, 0.25) is 0 Å². The van der Waals surface area contributed by atoms with Crippen LogP contribution in [0.25, 0.3) is 11.2 Å². The van der Waals surface area contributed by atoms with Gasteiger partial charge in [0, 0.05) is 26.7 Å². The summed E-state index contributed by atoms with van der Waals surface area (Å²) in [6.45, 7) is 3.37. The molecule has 0 aliphatic heterocycles. The number of fused-ring (bicyclic) bond motifs is 1. The zero-order chi connectivity index (χ0) is 17.1. The van der Waals surface area contributed by atoms with Crippen molar-refractivity contribution in [2.24, 2.45) is 7.05 Å². The SMILES string of the molecule is CCNC(=O)Cn1cnc2c1c(=O)n(C)c(=O)n2CCN(C)C. The Morgan fingerprint density at radius 2 is 2.04 bits per heavy atom. The Labute approximate surface area is 133 Å². The molecule has 0 aliphatic rings. The van der Waals surface area contributed by atoms with Gasteiger partial charge in [-0.1, -0.05) is 0 Å². The zero-order valence-electron chi connectivity index (χ0n) is 13.9. The van der Waals surface area contributed by atoms with Crippen LogP contribution in [0.4, 0.5) is 0 Å². The number of carbonyl (C=O) groups is 1. The summed E-state index contributed by atoms with van der Waals surface area (Å²) >= 11 is 0. The van der Waals surface area contributed by atoms with Crippen molar-refractivity contribution >= 4 is 17.1 Å². The van der Waals surface area contributed by atoms with Crippen molar-refractivity contribution in [2.75, 3.05) is 27.2 Å². The fourth-order valence-corrected chi connectivity index (χ4v) is 2.33. The normalized spacial score (nSPS) is 11.3. The molecule has 2 heterocycles. The third kappa shape index (κ3) is 3.34. The molecular formula is C14H22N6O3. The summed E-state index contributed by atoms with van der Waals surface area (Å²) in [4.78, 5) is 42.6. The maximum atomic E-state index is 12.4. The van der Waals surface area contributed by atoms with Gasteiger partial charge in [-0.25, -0.2) is 9.78 Å². The van der Waals surface area contributed by atoms with E-state index in [1.54, 1.807) is 0 Å². The number of imidazole rings is 1. The van der Waals surface area contributed by atoms with Crippen LogP contribution in [-0.2, 0) is 24.9 Å². The number of aromatic nitrogens is 4. The molecule has 0 radical (unpaired) electrons. The quantitative estimate of drug-likeness (QED) is 0.705. The maximum Gasteiger partial charge on any atom is 0.332 e. The largest absolute Gasteiger partial charge is 0.355 e. The maximum absolute atomic E-state index is 12.4. The van der Waals surface area contributed by atoms with E-state index in [2.05, 4.69) is 10.3 Å². The molecule has 1 N–H and O–H groups in total. The average molecular weight is 322 g/mol. The first kappa shape index (κ1) is 16.9. The van der Waals surface area contributed by atoms with E-state index in [-0.39, 0.29) is 18.0 Å². The number of nitrogens with zero attached hydrogens (tertiary/aromatic N) is 5. The monoisotopic (exact) mass is 322 g/mol. The highest BCUT2D eigenvalue weighted by atomic mass is 16.2. The summed E-state index contributed by atoms with van der Waals surface area (Å²) in [6.07, 6.45) is 1.42. The summed E-state index contributed by atoms with van der Waals surface area (Å²) in [7, 11) is 5.23. The van der Waals surface area contributed by atoms with Gasteiger partial charge in [0.1, 0.15) is 6.54 Å². The summed E-state index contributed by atoms with van der Waals surface area (Å²) in [5.74, 6) is -0.208. The first-order valence-corrected chi connectivity index (χ1v) is 7.42. The number of likely N-dealkylation sites (N-methyl/N-ethyl adjacent to an activating group) is 2. The van der Waals surface area contributed by atoms with Crippen molar-refractivity contribution in [3.63, 3.8) is 0 Å². The predicted molar refractivity (Wildman–Crippen MR) is 86.5 cm³/mol. The number of hydrogen-bond acceptors (Lipinski definition) is 5. The van der Waals surface area contributed by atoms with Crippen molar-refractivity contribution in [3.8, 4) is 0 Å². The van der Waals surface area contributed by atoms with Gasteiger partial charge in [0.2, 0.25) is 5.91 Å². The van der Waals surface area contributed by atoms with Gasteiger partial charge in [0.25, 0.3) is 5.56 Å². The van der Waals surface area contributed by atoms with Gasteiger partial charge in [0.15, 0.2) is 11.2 Å². The number of nitrogens with one attached hydrogen (secondary N) is 1. The molecule has 0 aromatic carbocycles. The molecule has 9 nitrogen and oxygen atoms in total. The molecule has 23 heavy (non-hydrogen) atoms. The Bertz CT molecular complexity index is 829. The fourth-order valence-electron chi connectivity index (χ4n) is 2.33. The number of amides is 1. The van der Waals surface area contributed by atoms with Crippen LogP contribution in [0.1, 0.15) is 6.92 Å². The summed E-state index contributed by atoms with van der Waals surface area (Å²) in [6, 6.07) is 0. The van der Waals surface area contributed by atoms with Gasteiger partial charge >= 0.3 is 5.69 Å². The van der Waals surface area contributed by atoms with Gasteiger partial charge in [-0.15, -0.1) is 0 Å². The molecule has 2 rings (SSSR count). The van der Waals surface area contributed by atoms with E-state index in [0.29, 0.717) is 25.3 Å². The van der Waals surface area contributed by atoms with E-state index in [0.717, 1.165) is 4.57 Å². The van der Waals surface area contributed by atoms with Crippen molar-refractivity contribution in [1.29, 1.82) is 0 Å². The van der Waals surface area contributed by atoms with E-state index in [1.807, 2.05) is 25.9 Å². The van der Waals surface area contributed by atoms with Gasteiger partial charge in [-0.05, 0) is 21.0 Å². The lowest BCUT2D eigenvalue weighted by Crippen LogP contribution is -2.40. The molecule has 126 valence electrons. The molecule has 0 spiro atoms. The molecular weight excluding hydrogens is 300 g/mol. The molecule has 2 aromatic rings. The molecule has 1 amide bonds. The van der Waals surface area contributed by atoms with Crippen molar-refractivity contribution in [3.05, 3.63) is 27.2 Å². The van der Waals surface area contributed by atoms with Crippen LogP contribution in [-0.4, -0.2) is 56.7 Å². The highest BCUT2D eigenvalue weighted by Crippen LogP contribution is 2.06. The molecule has 0 saturated heterocycles. The van der Waals surface area contributed by atoms with E-state index >= 15 is 0 Å². The van der Waals surface area contributed by atoms with Crippen LogP contribution in [0.15, 0.2) is 15.9 Å². The lowest BCUT2D eigenvalue weighted by molar-refractivity contribution is -0.121. The lowest BCUT2D eigenvalue weighted by atomic mass is 10.4. The van der Waals surface area contributed by atoms with Gasteiger partial charge in [-0.3, -0.25) is 18.7 Å². The third-order valence-electron chi connectivity index (χ3n) is 3.56. The second-order valence-electron chi connectivity index (χ2n) is 5.60. The van der Waals surface area contributed by atoms with Crippen LogP contribution < -0.4 is 16.6 Å². The number of carbonyl (C=O) groups excluding carboxylic acids is 1. The first-order valence-electron chi connectivity index (χ1n) is 7.42. The minimum atomic E-state index is -0.451. The molecule has 0 unspecified atom stereocenters. The smallest absolute Gasteiger partial charge is 0.332 e. The highest BCUT2D eigenvalue weighted by molar-refractivity contribution is 5.78. The highest BCUT2D eigenvalue weighted by Gasteiger charge is 2.17. The predicted octanol–water partition coefficient (Wildman–Crippen LogP) is -1.41. The molecule has 0 atom stereocenters. The second-order valence-corrected chi connectivity index (χ2v) is 5.60. The first-order chi connectivity index (χ1) is 10.9. The standard InChI is InChI=1S/C14H22N6O3/c1-5-15-10(21)8-19-9-16-12-11(19)13(22)18(4)14(23)20(12)7-6-17(2)3/h9H,5-8H2,1-4H3,(H,15,21). The van der Waals surface area contributed by atoms with E-state index in [1.165, 1.54) is 22.5 Å². The Kier molecular flexibility index (Phi) is 4.99. The van der Waals surface area contributed by atoms with Gasteiger partial charge in [-0.2, -0.15) is 0 Å². The molecule has 0 fully saturated rings. The molecule has 9 heteroatoms. The topological polar surface area (TPSA) is 94.2 Å². The number of rotatable bonds is 6. The Morgan fingerprint density at radius 1 is 1.35 bits per heavy atom. The van der Waals surface area contributed by atoms with Crippen LogP contribution in [0.3, 0.4) is 0 Å². The van der Waals surface area contributed by atoms with Gasteiger partial charge < -0.3 is 14.8 Å². The molecule has 0 bridgehead atoms. The number of hydrogen-bond donors (Lipinski definition) is 1. The van der Waals surface area contributed by atoms with Crippen LogP contribution in [0.5, 0.6) is 0 Å². The van der Waals surface area contributed by atoms with E-state index in [9.17, 15) is 14.4 Å². The summed E-state index contributed by atoms with van der Waals surface area (Å²) in [5.41, 5.74) is -0.290. The summed E-state index contributed by atoms with van der Waals surface area (Å²) in [5, 5.41) is 2.68. The minimum absolute atomic E-state index is 0.00847. The van der Waals surface area contributed by atoms with Crippen molar-refractivity contribution < 1.29 is 4.79 Å². The van der Waals surface area contributed by atoms with E-state index < -0.39 is 11.2 Å². The third-order valence-corrected chi connectivity index (χ3v) is 3.56. The van der Waals surface area contributed by atoms with Crippen LogP contribution >= 0.6 is 0 Å². The Morgan fingerprint density at radius 3 is 2.65 bits per heavy atom. The van der Waals surface area contributed by atoms with Crippen LogP contribution in [0, 0.1) is 0 Å². The Balaban J connectivity index is 2.57. The van der Waals surface area contributed by atoms with Crippen molar-refractivity contribution in [1.82, 2.24) is 28.9 Å². The molecule has 0 aliphatic carbocycles.